The van der Waals surface area contributed by atoms with Crippen molar-refractivity contribution in [3.63, 3.8) is 0 Å². The third kappa shape index (κ3) is 5.83. The molecule has 0 aliphatic carbocycles. The zero-order valence-electron chi connectivity index (χ0n) is 19.0. The fourth-order valence-electron chi connectivity index (χ4n) is 4.16. The molecule has 1 saturated heterocycles. The summed E-state index contributed by atoms with van der Waals surface area (Å²) < 4.78 is 28.2. The summed E-state index contributed by atoms with van der Waals surface area (Å²) in [6.07, 6.45) is -2.91. The first-order valence-electron chi connectivity index (χ1n) is 10.5. The third-order valence-corrected chi connectivity index (χ3v) is 6.00. The van der Waals surface area contributed by atoms with Gasteiger partial charge in [-0.25, -0.2) is 0 Å². The Morgan fingerprint density at radius 3 is 2.27 bits per heavy atom. The normalized spacial score (nSPS) is 22.5. The topological polar surface area (TPSA) is 97.4 Å². The lowest BCUT2D eigenvalue weighted by molar-refractivity contribution is -0.216. The number of ether oxygens (including phenoxy) is 5. The summed E-state index contributed by atoms with van der Waals surface area (Å²) in [4.78, 5) is 35.1. The van der Waals surface area contributed by atoms with E-state index >= 15 is 0 Å². The maximum Gasteiger partial charge on any atom is 0.303 e. The molecular formula is C24H27BrO8. The number of carbonyl (C=O) groups is 3. The van der Waals surface area contributed by atoms with Gasteiger partial charge in [-0.2, -0.15) is 0 Å². The summed E-state index contributed by atoms with van der Waals surface area (Å²) in [5, 5.41) is 2.56. The van der Waals surface area contributed by atoms with Crippen LogP contribution in [0.5, 0.6) is 5.75 Å². The van der Waals surface area contributed by atoms with Crippen molar-refractivity contribution in [2.45, 2.75) is 56.9 Å². The van der Waals surface area contributed by atoms with E-state index in [4.69, 9.17) is 23.7 Å². The standard InChI is InChI=1S/C24H27BrO8/c1-13(26)30-12-22-24(32-15(3)28)21(31-14(2)27)10-20(33-22)19-9-16(11-25)17-7-5-6-8-18(17)23(19)29-4/h5-9,20-22,24H,10-12H2,1-4H3/t20-,21-,22-,24+/m1/s1. The van der Waals surface area contributed by atoms with Gasteiger partial charge in [0.05, 0.1) is 13.2 Å². The van der Waals surface area contributed by atoms with Gasteiger partial charge >= 0.3 is 17.9 Å². The van der Waals surface area contributed by atoms with Crippen molar-refractivity contribution < 1.29 is 38.1 Å². The second-order valence-corrected chi connectivity index (χ2v) is 8.32. The fourth-order valence-corrected chi connectivity index (χ4v) is 4.62. The van der Waals surface area contributed by atoms with E-state index < -0.39 is 42.3 Å². The molecular weight excluding hydrogens is 496 g/mol. The quantitative estimate of drug-likeness (QED) is 0.305. The van der Waals surface area contributed by atoms with Crippen molar-refractivity contribution >= 4 is 44.6 Å². The molecule has 33 heavy (non-hydrogen) atoms. The molecule has 2 aromatic carbocycles. The first kappa shape index (κ1) is 25.0. The lowest BCUT2D eigenvalue weighted by Gasteiger charge is -2.40. The number of halogens is 1. The van der Waals surface area contributed by atoms with Crippen LogP contribution in [0.2, 0.25) is 0 Å². The summed E-state index contributed by atoms with van der Waals surface area (Å²) in [5.41, 5.74) is 1.80. The molecule has 0 unspecified atom stereocenters. The van der Waals surface area contributed by atoms with Gasteiger partial charge in [0.1, 0.15) is 24.6 Å². The van der Waals surface area contributed by atoms with Crippen LogP contribution in [0.3, 0.4) is 0 Å². The first-order chi connectivity index (χ1) is 15.7. The van der Waals surface area contributed by atoms with Crippen LogP contribution in [0.25, 0.3) is 10.8 Å². The van der Waals surface area contributed by atoms with Crippen molar-refractivity contribution in [2.75, 3.05) is 13.7 Å². The van der Waals surface area contributed by atoms with Crippen molar-refractivity contribution in [1.29, 1.82) is 0 Å². The van der Waals surface area contributed by atoms with Gasteiger partial charge in [0.2, 0.25) is 0 Å². The van der Waals surface area contributed by atoms with Crippen LogP contribution in [0.1, 0.15) is 44.4 Å². The molecule has 1 fully saturated rings. The molecule has 1 heterocycles. The highest BCUT2D eigenvalue weighted by molar-refractivity contribution is 9.08. The Morgan fingerprint density at radius 2 is 1.70 bits per heavy atom. The largest absolute Gasteiger partial charge is 0.496 e. The van der Waals surface area contributed by atoms with E-state index in [0.717, 1.165) is 21.9 Å². The van der Waals surface area contributed by atoms with Crippen molar-refractivity contribution in [3.8, 4) is 5.75 Å². The molecule has 1 aliphatic heterocycles. The van der Waals surface area contributed by atoms with Crippen LogP contribution < -0.4 is 4.74 Å². The molecule has 0 amide bonds. The molecule has 0 aromatic heterocycles. The van der Waals surface area contributed by atoms with Gasteiger partial charge in [-0.15, -0.1) is 0 Å². The van der Waals surface area contributed by atoms with Crippen LogP contribution in [0, 0.1) is 0 Å². The maximum atomic E-state index is 11.8. The van der Waals surface area contributed by atoms with Crippen LogP contribution >= 0.6 is 15.9 Å². The second-order valence-electron chi connectivity index (χ2n) is 7.76. The molecule has 0 radical (unpaired) electrons. The van der Waals surface area contributed by atoms with Crippen LogP contribution in [-0.2, 0) is 38.7 Å². The summed E-state index contributed by atoms with van der Waals surface area (Å²) in [6.45, 7) is 3.66. The van der Waals surface area contributed by atoms with Gasteiger partial charge in [-0.05, 0) is 17.0 Å². The fraction of sp³-hybridized carbons (Fsp3) is 0.458. The number of carbonyl (C=O) groups excluding carboxylic acids is 3. The second kappa shape index (κ2) is 11.0. The Labute approximate surface area is 200 Å². The zero-order chi connectivity index (χ0) is 24.1. The van der Waals surface area contributed by atoms with Gasteiger partial charge in [0, 0.05) is 43.5 Å². The number of esters is 3. The predicted octanol–water partition coefficient (Wildman–Crippen LogP) is 4.00. The van der Waals surface area contributed by atoms with E-state index in [-0.39, 0.29) is 13.0 Å². The highest BCUT2D eigenvalue weighted by Crippen LogP contribution is 2.43. The molecule has 178 valence electrons. The molecule has 3 rings (SSSR count). The van der Waals surface area contributed by atoms with Crippen molar-refractivity contribution in [3.05, 3.63) is 41.5 Å². The van der Waals surface area contributed by atoms with Gasteiger partial charge in [0.15, 0.2) is 6.10 Å². The number of hydrogen-bond acceptors (Lipinski definition) is 8. The summed E-state index contributed by atoms with van der Waals surface area (Å²) in [7, 11) is 1.59. The Hall–Kier alpha value is -2.65. The number of hydrogen-bond donors (Lipinski definition) is 0. The molecule has 8 nitrogen and oxygen atoms in total. The SMILES string of the molecule is COc1c([C@H]2C[C@@H](OC(C)=O)[C@H](OC(C)=O)[C@@H](COC(C)=O)O2)cc(CBr)c2ccccc12. The van der Waals surface area contributed by atoms with E-state index in [1.807, 2.05) is 30.3 Å². The minimum atomic E-state index is -0.927. The van der Waals surface area contributed by atoms with Crippen LogP contribution in [0.15, 0.2) is 30.3 Å². The molecule has 1 aliphatic rings. The van der Waals surface area contributed by atoms with E-state index in [1.165, 1.54) is 20.8 Å². The molecule has 2 aromatic rings. The van der Waals surface area contributed by atoms with E-state index in [1.54, 1.807) is 7.11 Å². The third-order valence-electron chi connectivity index (χ3n) is 5.39. The minimum absolute atomic E-state index is 0.164. The van der Waals surface area contributed by atoms with Crippen molar-refractivity contribution in [2.24, 2.45) is 0 Å². The van der Waals surface area contributed by atoms with E-state index in [9.17, 15) is 14.4 Å². The molecule has 9 heteroatoms. The zero-order valence-corrected chi connectivity index (χ0v) is 20.5. The smallest absolute Gasteiger partial charge is 0.303 e. The monoisotopic (exact) mass is 522 g/mol. The predicted molar refractivity (Wildman–Crippen MR) is 123 cm³/mol. The van der Waals surface area contributed by atoms with Crippen molar-refractivity contribution in [1.82, 2.24) is 0 Å². The van der Waals surface area contributed by atoms with Gasteiger partial charge in [-0.1, -0.05) is 40.2 Å². The Bertz CT molecular complexity index is 1040. The minimum Gasteiger partial charge on any atom is -0.496 e. The molecule has 0 spiro atoms. The molecule has 0 N–H and O–H groups in total. The number of methoxy groups -OCH3 is 1. The lowest BCUT2D eigenvalue weighted by Crippen LogP contribution is -2.51. The average Bonchev–Trinajstić information content (AvgIpc) is 2.77. The molecule has 0 saturated carbocycles. The van der Waals surface area contributed by atoms with Gasteiger partial charge < -0.3 is 23.7 Å². The average molecular weight is 523 g/mol. The van der Waals surface area contributed by atoms with Gasteiger partial charge in [-0.3, -0.25) is 14.4 Å². The highest BCUT2D eigenvalue weighted by atomic mass is 79.9. The van der Waals surface area contributed by atoms with Crippen LogP contribution in [-0.4, -0.2) is 49.9 Å². The van der Waals surface area contributed by atoms with E-state index in [2.05, 4.69) is 15.9 Å². The highest BCUT2D eigenvalue weighted by Gasteiger charge is 2.45. The summed E-state index contributed by atoms with van der Waals surface area (Å²) in [6, 6.07) is 9.85. The lowest BCUT2D eigenvalue weighted by atomic mass is 9.90. The summed E-state index contributed by atoms with van der Waals surface area (Å²) in [5.74, 6) is -0.942. The van der Waals surface area contributed by atoms with Crippen LogP contribution in [0.4, 0.5) is 0 Å². The number of fused-ring (bicyclic) bond motifs is 1. The Morgan fingerprint density at radius 1 is 1.03 bits per heavy atom. The number of alkyl halides is 1. The Kier molecular flexibility index (Phi) is 8.31. The van der Waals surface area contributed by atoms with Gasteiger partial charge in [0.25, 0.3) is 0 Å². The maximum absolute atomic E-state index is 11.8. The number of benzene rings is 2. The first-order valence-corrected chi connectivity index (χ1v) is 11.6. The molecule has 4 atom stereocenters. The summed E-state index contributed by atoms with van der Waals surface area (Å²) >= 11 is 3.55. The molecule has 0 bridgehead atoms. The number of rotatable bonds is 7. The van der Waals surface area contributed by atoms with E-state index in [0.29, 0.717) is 11.1 Å². The Balaban J connectivity index is 2.08.